The summed E-state index contributed by atoms with van der Waals surface area (Å²) in [6.45, 7) is 7.41. The molecule has 1 fully saturated rings. The highest BCUT2D eigenvalue weighted by Crippen LogP contribution is 2.24. The predicted molar refractivity (Wildman–Crippen MR) is 79.2 cm³/mol. The van der Waals surface area contributed by atoms with Crippen LogP contribution in [0.3, 0.4) is 0 Å². The smallest absolute Gasteiger partial charge is 0.151 e. The number of nitrogens with zero attached hydrogens (tertiary/aromatic N) is 1. The summed E-state index contributed by atoms with van der Waals surface area (Å²) in [6.07, 6.45) is 3.07. The summed E-state index contributed by atoms with van der Waals surface area (Å²) in [7, 11) is 0. The number of hydrogen-bond donors (Lipinski definition) is 0. The van der Waals surface area contributed by atoms with E-state index < -0.39 is 0 Å². The molecule has 1 aliphatic rings. The minimum Gasteiger partial charge on any atom is -0.298 e. The van der Waals surface area contributed by atoms with Crippen molar-refractivity contribution in [1.29, 1.82) is 0 Å². The van der Waals surface area contributed by atoms with E-state index in [0.29, 0.717) is 18.7 Å². The fourth-order valence-electron chi connectivity index (χ4n) is 2.91. The maximum absolute atomic E-state index is 12.1. The van der Waals surface area contributed by atoms with E-state index in [2.05, 4.69) is 18.7 Å². The largest absolute Gasteiger partial charge is 0.298 e. The summed E-state index contributed by atoms with van der Waals surface area (Å²) < 4.78 is 0. The molecule has 0 bridgehead atoms. The molecule has 104 valence electrons. The molecule has 19 heavy (non-hydrogen) atoms. The zero-order chi connectivity index (χ0) is 13.7. The molecule has 2 rings (SSSR count). The Balaban J connectivity index is 1.75. The number of Topliss-reactive ketones (excluding diaryl/α,β-unsaturated/α-hetero) is 1. The molecule has 0 N–H and O–H groups in total. The Kier molecular flexibility index (Phi) is 5.15. The molecular weight excluding hydrogens is 234 g/mol. The normalized spacial score (nSPS) is 17.8. The van der Waals surface area contributed by atoms with Crippen LogP contribution in [0.25, 0.3) is 0 Å². The van der Waals surface area contributed by atoms with E-state index in [1.807, 2.05) is 30.3 Å². The first kappa shape index (κ1) is 14.3. The van der Waals surface area contributed by atoms with Crippen molar-refractivity contribution in [3.05, 3.63) is 35.9 Å². The second-order valence-electron chi connectivity index (χ2n) is 6.06. The fraction of sp³-hybridized carbons (Fsp3) is 0.588. The van der Waals surface area contributed by atoms with E-state index in [1.165, 1.54) is 12.8 Å². The third kappa shape index (κ3) is 4.46. The molecule has 0 amide bonds. The van der Waals surface area contributed by atoms with Gasteiger partial charge in [-0.15, -0.1) is 0 Å². The number of hydrogen-bond acceptors (Lipinski definition) is 2. The highest BCUT2D eigenvalue weighted by atomic mass is 16.1. The van der Waals surface area contributed by atoms with Crippen LogP contribution in [0.4, 0.5) is 0 Å². The Morgan fingerprint density at radius 2 is 1.84 bits per heavy atom. The lowest BCUT2D eigenvalue weighted by Crippen LogP contribution is -2.38. The van der Waals surface area contributed by atoms with Gasteiger partial charge in [-0.05, 0) is 43.3 Å². The lowest BCUT2D eigenvalue weighted by atomic mass is 9.86. The molecule has 0 spiro atoms. The van der Waals surface area contributed by atoms with Gasteiger partial charge in [0.2, 0.25) is 0 Å². The lowest BCUT2D eigenvalue weighted by Gasteiger charge is -2.33. The van der Waals surface area contributed by atoms with Crippen LogP contribution < -0.4 is 0 Å². The van der Waals surface area contributed by atoms with Crippen LogP contribution >= 0.6 is 0 Å². The van der Waals surface area contributed by atoms with Gasteiger partial charge in [0.15, 0.2) is 5.78 Å². The topological polar surface area (TPSA) is 20.3 Å². The number of carbonyl (C=O) groups excluding carboxylic acids is 1. The van der Waals surface area contributed by atoms with Crippen LogP contribution in [0, 0.1) is 11.8 Å². The average molecular weight is 259 g/mol. The summed E-state index contributed by atoms with van der Waals surface area (Å²) in [5.41, 5.74) is 1.13. The highest BCUT2D eigenvalue weighted by Gasteiger charge is 2.22. The summed E-state index contributed by atoms with van der Waals surface area (Å²) in [5, 5.41) is 0. The van der Waals surface area contributed by atoms with Crippen molar-refractivity contribution in [2.45, 2.75) is 33.1 Å². The van der Waals surface area contributed by atoms with Gasteiger partial charge in [0.1, 0.15) is 0 Å². The van der Waals surface area contributed by atoms with E-state index in [4.69, 9.17) is 0 Å². The second-order valence-corrected chi connectivity index (χ2v) is 6.06. The van der Waals surface area contributed by atoms with Gasteiger partial charge >= 0.3 is 0 Å². The second kappa shape index (κ2) is 6.85. The monoisotopic (exact) mass is 259 g/mol. The molecule has 0 aromatic heterocycles. The predicted octanol–water partition coefficient (Wildman–Crippen LogP) is 3.17. The van der Waals surface area contributed by atoms with Crippen molar-refractivity contribution in [1.82, 2.24) is 4.90 Å². The maximum Gasteiger partial charge on any atom is 0.151 e. The van der Waals surface area contributed by atoms with E-state index in [-0.39, 0.29) is 0 Å². The molecule has 1 saturated heterocycles. The molecule has 0 saturated carbocycles. The van der Waals surface area contributed by atoms with Crippen molar-refractivity contribution in [3.63, 3.8) is 0 Å². The molecule has 1 aromatic rings. The summed E-state index contributed by atoms with van der Waals surface area (Å²) in [5.74, 6) is 1.97. The zero-order valence-corrected chi connectivity index (χ0v) is 12.1. The highest BCUT2D eigenvalue weighted by molar-refractivity contribution is 5.82. The Morgan fingerprint density at radius 1 is 1.21 bits per heavy atom. The molecule has 0 aliphatic carbocycles. The number of benzene rings is 1. The van der Waals surface area contributed by atoms with Crippen molar-refractivity contribution in [2.24, 2.45) is 11.8 Å². The van der Waals surface area contributed by atoms with Gasteiger partial charge in [-0.2, -0.15) is 0 Å². The van der Waals surface area contributed by atoms with Gasteiger partial charge in [-0.25, -0.2) is 0 Å². The summed E-state index contributed by atoms with van der Waals surface area (Å²) >= 11 is 0. The van der Waals surface area contributed by atoms with Crippen LogP contribution in [0.1, 0.15) is 32.3 Å². The molecule has 0 unspecified atom stereocenters. The number of rotatable bonds is 5. The van der Waals surface area contributed by atoms with Crippen molar-refractivity contribution in [3.8, 4) is 0 Å². The molecule has 2 heteroatoms. The molecule has 0 atom stereocenters. The number of carbonyl (C=O) groups is 1. The third-order valence-electron chi connectivity index (χ3n) is 4.22. The van der Waals surface area contributed by atoms with Gasteiger partial charge in [0.05, 0.1) is 6.54 Å². The van der Waals surface area contributed by atoms with Crippen LogP contribution in [-0.4, -0.2) is 30.3 Å². The first-order valence-corrected chi connectivity index (χ1v) is 7.43. The zero-order valence-electron chi connectivity index (χ0n) is 12.1. The van der Waals surface area contributed by atoms with E-state index in [1.54, 1.807) is 0 Å². The Bertz CT molecular complexity index is 391. The molecule has 1 aliphatic heterocycles. The van der Waals surface area contributed by atoms with Gasteiger partial charge < -0.3 is 0 Å². The Labute approximate surface area is 116 Å². The first-order valence-electron chi connectivity index (χ1n) is 7.43. The van der Waals surface area contributed by atoms with Crippen molar-refractivity contribution in [2.75, 3.05) is 19.6 Å². The fourth-order valence-corrected chi connectivity index (χ4v) is 2.91. The third-order valence-corrected chi connectivity index (χ3v) is 4.22. The molecule has 0 radical (unpaired) electrons. The van der Waals surface area contributed by atoms with Crippen LogP contribution in [0.5, 0.6) is 0 Å². The SMILES string of the molecule is CC(C)C1CCN(CC(=O)Cc2ccccc2)CC1. The quantitative estimate of drug-likeness (QED) is 0.809. The average Bonchev–Trinajstić information content (AvgIpc) is 2.40. The van der Waals surface area contributed by atoms with Crippen molar-refractivity contribution < 1.29 is 4.79 Å². The molecule has 1 heterocycles. The van der Waals surface area contributed by atoms with Crippen molar-refractivity contribution >= 4 is 5.78 Å². The lowest BCUT2D eigenvalue weighted by molar-refractivity contribution is -0.119. The minimum absolute atomic E-state index is 0.342. The molecular formula is C17H25NO. The summed E-state index contributed by atoms with van der Waals surface area (Å²) in [4.78, 5) is 14.4. The van der Waals surface area contributed by atoms with Gasteiger partial charge in [-0.1, -0.05) is 44.2 Å². The first-order chi connectivity index (χ1) is 9.15. The Hall–Kier alpha value is -1.15. The number of ketones is 1. The van der Waals surface area contributed by atoms with Gasteiger partial charge in [0.25, 0.3) is 0 Å². The van der Waals surface area contributed by atoms with Crippen LogP contribution in [0.2, 0.25) is 0 Å². The van der Waals surface area contributed by atoms with E-state index >= 15 is 0 Å². The maximum atomic E-state index is 12.1. The number of piperidine rings is 1. The van der Waals surface area contributed by atoms with E-state index in [0.717, 1.165) is 30.5 Å². The Morgan fingerprint density at radius 3 is 2.42 bits per heavy atom. The van der Waals surface area contributed by atoms with Crippen LogP contribution in [-0.2, 0) is 11.2 Å². The molecule has 1 aromatic carbocycles. The van der Waals surface area contributed by atoms with Gasteiger partial charge in [0, 0.05) is 6.42 Å². The molecule has 2 nitrogen and oxygen atoms in total. The van der Waals surface area contributed by atoms with E-state index in [9.17, 15) is 4.79 Å². The standard InChI is InChI=1S/C17H25NO/c1-14(2)16-8-10-18(11-9-16)13-17(19)12-15-6-4-3-5-7-15/h3-7,14,16H,8-13H2,1-2H3. The van der Waals surface area contributed by atoms with Gasteiger partial charge in [-0.3, -0.25) is 9.69 Å². The number of likely N-dealkylation sites (tertiary alicyclic amines) is 1. The van der Waals surface area contributed by atoms with Crippen LogP contribution in [0.15, 0.2) is 30.3 Å². The summed E-state index contributed by atoms with van der Waals surface area (Å²) in [6, 6.07) is 10.0. The minimum atomic E-state index is 0.342.